The van der Waals surface area contributed by atoms with Gasteiger partial charge in [0.2, 0.25) is 0 Å². The Morgan fingerprint density at radius 2 is 1.88 bits per heavy atom. The summed E-state index contributed by atoms with van der Waals surface area (Å²) in [5.74, 6) is 1.67. The first-order chi connectivity index (χ1) is 11.2. The van der Waals surface area contributed by atoms with Crippen molar-refractivity contribution in [2.45, 2.75) is 20.3 Å². The Bertz CT molecular complexity index is 631. The number of hydrogen-bond acceptors (Lipinski definition) is 4. The molecular weight excluding hydrogens is 435 g/mol. The first-order valence-corrected chi connectivity index (χ1v) is 8.56. The summed E-state index contributed by atoms with van der Waals surface area (Å²) in [6.07, 6.45) is 0.957. The minimum absolute atomic E-state index is 0. The number of nitrogens with zero attached hydrogens (tertiary/aromatic N) is 2. The van der Waals surface area contributed by atoms with Gasteiger partial charge in [0.15, 0.2) is 5.96 Å². The Morgan fingerprint density at radius 3 is 2.50 bits per heavy atom. The first-order valence-electron chi connectivity index (χ1n) is 7.74. The SMILES string of the molecule is CN=C(NCCOc1ccccc1)NCCc1sc(C)nc1C.I. The molecule has 132 valence electrons. The maximum Gasteiger partial charge on any atom is 0.191 e. The third-order valence-electron chi connectivity index (χ3n) is 3.27. The zero-order valence-electron chi connectivity index (χ0n) is 14.3. The summed E-state index contributed by atoms with van der Waals surface area (Å²) in [5, 5.41) is 7.69. The molecule has 1 aromatic carbocycles. The summed E-state index contributed by atoms with van der Waals surface area (Å²) in [6.45, 7) is 6.24. The van der Waals surface area contributed by atoms with Gasteiger partial charge >= 0.3 is 0 Å². The van der Waals surface area contributed by atoms with Crippen molar-refractivity contribution in [3.05, 3.63) is 45.9 Å². The van der Waals surface area contributed by atoms with Crippen molar-refractivity contribution in [1.29, 1.82) is 0 Å². The van der Waals surface area contributed by atoms with Crippen LogP contribution in [0.1, 0.15) is 15.6 Å². The molecule has 0 amide bonds. The highest BCUT2D eigenvalue weighted by atomic mass is 127. The number of rotatable bonds is 7. The molecule has 0 aliphatic rings. The normalized spacial score (nSPS) is 10.9. The number of guanidine groups is 1. The number of aromatic nitrogens is 1. The van der Waals surface area contributed by atoms with E-state index in [9.17, 15) is 0 Å². The molecule has 7 heteroatoms. The van der Waals surface area contributed by atoms with Gasteiger partial charge in [0.05, 0.1) is 17.2 Å². The van der Waals surface area contributed by atoms with Crippen LogP contribution in [0.15, 0.2) is 35.3 Å². The molecule has 1 heterocycles. The van der Waals surface area contributed by atoms with E-state index in [-0.39, 0.29) is 24.0 Å². The number of para-hydroxylation sites is 1. The van der Waals surface area contributed by atoms with Gasteiger partial charge in [-0.25, -0.2) is 4.98 Å². The van der Waals surface area contributed by atoms with Crippen LogP contribution in [-0.4, -0.2) is 37.7 Å². The average Bonchev–Trinajstić information content (AvgIpc) is 2.88. The standard InChI is InChI=1S/C17H24N4OS.HI/c1-13-16(23-14(2)21-13)9-10-19-17(18-3)20-11-12-22-15-7-5-4-6-8-15;/h4-8H,9-12H2,1-3H3,(H2,18,19,20);1H. The topological polar surface area (TPSA) is 58.5 Å². The Morgan fingerprint density at radius 1 is 1.17 bits per heavy atom. The maximum absolute atomic E-state index is 5.64. The highest BCUT2D eigenvalue weighted by Gasteiger charge is 2.05. The second kappa shape index (κ2) is 11.2. The zero-order chi connectivity index (χ0) is 16.5. The third kappa shape index (κ3) is 7.04. The molecule has 2 aromatic rings. The average molecular weight is 460 g/mol. The summed E-state index contributed by atoms with van der Waals surface area (Å²) >= 11 is 1.76. The van der Waals surface area contributed by atoms with Gasteiger partial charge in [0, 0.05) is 24.9 Å². The monoisotopic (exact) mass is 460 g/mol. The molecule has 0 aliphatic heterocycles. The summed E-state index contributed by atoms with van der Waals surface area (Å²) in [5.41, 5.74) is 1.13. The number of nitrogens with one attached hydrogen (secondary N) is 2. The number of halogens is 1. The molecule has 1 aromatic heterocycles. The lowest BCUT2D eigenvalue weighted by Crippen LogP contribution is -2.40. The van der Waals surface area contributed by atoms with Gasteiger partial charge in [-0.2, -0.15) is 0 Å². The number of ether oxygens (including phenoxy) is 1. The van der Waals surface area contributed by atoms with E-state index in [0.717, 1.165) is 35.4 Å². The fourth-order valence-corrected chi connectivity index (χ4v) is 3.11. The van der Waals surface area contributed by atoms with Gasteiger partial charge in [0.25, 0.3) is 0 Å². The summed E-state index contributed by atoms with van der Waals surface area (Å²) in [6, 6.07) is 9.81. The van der Waals surface area contributed by atoms with Crippen molar-refractivity contribution in [3.8, 4) is 5.75 Å². The van der Waals surface area contributed by atoms with Crippen molar-refractivity contribution in [1.82, 2.24) is 15.6 Å². The molecule has 5 nitrogen and oxygen atoms in total. The van der Waals surface area contributed by atoms with E-state index in [0.29, 0.717) is 13.2 Å². The van der Waals surface area contributed by atoms with E-state index >= 15 is 0 Å². The number of hydrogen-bond donors (Lipinski definition) is 2. The number of thiazole rings is 1. The lowest BCUT2D eigenvalue weighted by Gasteiger charge is -2.12. The largest absolute Gasteiger partial charge is 0.492 e. The Balaban J connectivity index is 0.00000288. The van der Waals surface area contributed by atoms with Crippen LogP contribution in [0.3, 0.4) is 0 Å². The minimum Gasteiger partial charge on any atom is -0.492 e. The molecule has 0 fully saturated rings. The van der Waals surface area contributed by atoms with Crippen LogP contribution in [-0.2, 0) is 6.42 Å². The Kier molecular flexibility index (Phi) is 9.70. The minimum atomic E-state index is 0. The van der Waals surface area contributed by atoms with Gasteiger partial charge in [-0.3, -0.25) is 4.99 Å². The second-order valence-electron chi connectivity index (χ2n) is 5.08. The summed E-state index contributed by atoms with van der Waals surface area (Å²) < 4.78 is 5.64. The highest BCUT2D eigenvalue weighted by molar-refractivity contribution is 14.0. The van der Waals surface area contributed by atoms with Crippen molar-refractivity contribution >= 4 is 41.3 Å². The van der Waals surface area contributed by atoms with Gasteiger partial charge in [0.1, 0.15) is 12.4 Å². The van der Waals surface area contributed by atoms with Crippen LogP contribution in [0.2, 0.25) is 0 Å². The van der Waals surface area contributed by atoms with E-state index in [1.165, 1.54) is 4.88 Å². The van der Waals surface area contributed by atoms with E-state index in [2.05, 4.69) is 27.5 Å². The molecule has 0 unspecified atom stereocenters. The molecule has 0 spiro atoms. The summed E-state index contributed by atoms with van der Waals surface area (Å²) in [4.78, 5) is 10.00. The molecular formula is C17H25IN4OS. The maximum atomic E-state index is 5.64. The predicted molar refractivity (Wildman–Crippen MR) is 112 cm³/mol. The van der Waals surface area contributed by atoms with Crippen LogP contribution in [0, 0.1) is 13.8 Å². The molecule has 0 atom stereocenters. The molecule has 24 heavy (non-hydrogen) atoms. The van der Waals surface area contributed by atoms with Crippen LogP contribution in [0.4, 0.5) is 0 Å². The molecule has 2 N–H and O–H groups in total. The summed E-state index contributed by atoms with van der Waals surface area (Å²) in [7, 11) is 1.77. The van der Waals surface area contributed by atoms with Crippen molar-refractivity contribution < 1.29 is 4.74 Å². The molecule has 0 aliphatic carbocycles. The third-order valence-corrected chi connectivity index (χ3v) is 4.41. The lowest BCUT2D eigenvalue weighted by atomic mass is 10.3. The predicted octanol–water partition coefficient (Wildman–Crippen LogP) is 3.16. The van der Waals surface area contributed by atoms with Gasteiger partial charge < -0.3 is 15.4 Å². The van der Waals surface area contributed by atoms with Gasteiger partial charge in [-0.1, -0.05) is 18.2 Å². The fourth-order valence-electron chi connectivity index (χ4n) is 2.18. The van der Waals surface area contributed by atoms with Crippen LogP contribution in [0.5, 0.6) is 5.75 Å². The van der Waals surface area contributed by atoms with E-state index in [4.69, 9.17) is 4.74 Å². The van der Waals surface area contributed by atoms with E-state index in [1.807, 2.05) is 37.3 Å². The van der Waals surface area contributed by atoms with Crippen molar-refractivity contribution in [2.75, 3.05) is 26.7 Å². The smallest absolute Gasteiger partial charge is 0.191 e. The lowest BCUT2D eigenvalue weighted by molar-refractivity contribution is 0.322. The van der Waals surface area contributed by atoms with E-state index < -0.39 is 0 Å². The molecule has 2 rings (SSSR count). The Labute approximate surface area is 165 Å². The molecule has 0 bridgehead atoms. The zero-order valence-corrected chi connectivity index (χ0v) is 17.5. The first kappa shape index (κ1) is 20.7. The van der Waals surface area contributed by atoms with E-state index in [1.54, 1.807) is 18.4 Å². The molecule has 0 radical (unpaired) electrons. The highest BCUT2D eigenvalue weighted by Crippen LogP contribution is 2.16. The second-order valence-corrected chi connectivity index (χ2v) is 6.37. The van der Waals surface area contributed by atoms with Crippen LogP contribution in [0.25, 0.3) is 0 Å². The number of benzene rings is 1. The number of aryl methyl sites for hydroxylation is 2. The van der Waals surface area contributed by atoms with Gasteiger partial charge in [-0.15, -0.1) is 35.3 Å². The molecule has 0 saturated carbocycles. The quantitative estimate of drug-likeness (QED) is 0.289. The van der Waals surface area contributed by atoms with Crippen molar-refractivity contribution in [3.63, 3.8) is 0 Å². The Hall–Kier alpha value is -1.35. The van der Waals surface area contributed by atoms with Crippen molar-refractivity contribution in [2.24, 2.45) is 4.99 Å². The fraction of sp³-hybridized carbons (Fsp3) is 0.412. The van der Waals surface area contributed by atoms with Crippen LogP contribution < -0.4 is 15.4 Å². The van der Waals surface area contributed by atoms with Crippen LogP contribution >= 0.6 is 35.3 Å². The molecule has 0 saturated heterocycles. The number of aliphatic imine (C=N–C) groups is 1. The van der Waals surface area contributed by atoms with Gasteiger partial charge in [-0.05, 0) is 26.0 Å².